The van der Waals surface area contributed by atoms with Crippen molar-refractivity contribution in [2.24, 2.45) is 11.3 Å². The molecule has 3 nitrogen and oxygen atoms in total. The summed E-state index contributed by atoms with van der Waals surface area (Å²) in [4.78, 5) is 0. The predicted molar refractivity (Wildman–Crippen MR) is 64.6 cm³/mol. The van der Waals surface area contributed by atoms with Crippen LogP contribution >= 0.6 is 0 Å². The molecule has 5 atom stereocenters. The zero-order chi connectivity index (χ0) is 12.5. The van der Waals surface area contributed by atoms with Crippen molar-refractivity contribution in [3.8, 4) is 0 Å². The Morgan fingerprint density at radius 1 is 1.06 bits per heavy atom. The van der Waals surface area contributed by atoms with Gasteiger partial charge in [0.25, 0.3) is 0 Å². The summed E-state index contributed by atoms with van der Waals surface area (Å²) < 4.78 is 6.34. The standard InChI is InChI=1S/C14H24O3/c1-12(2)9-4-6-13(3)7-5-10(15)11(16)14(13,8-9)17-12/h9-11,15-16H,4-8H2,1-3H3/t9-,10+,11?,13+,14-/m1/s1. The van der Waals surface area contributed by atoms with E-state index in [4.69, 9.17) is 4.74 Å². The second-order valence-corrected chi connectivity index (χ2v) is 7.15. The molecule has 17 heavy (non-hydrogen) atoms. The molecule has 2 aliphatic carbocycles. The third kappa shape index (κ3) is 1.33. The van der Waals surface area contributed by atoms with Gasteiger partial charge in [-0.3, -0.25) is 0 Å². The third-order valence-electron chi connectivity index (χ3n) is 5.88. The van der Waals surface area contributed by atoms with Crippen molar-refractivity contribution >= 4 is 0 Å². The zero-order valence-corrected chi connectivity index (χ0v) is 11.1. The van der Waals surface area contributed by atoms with Gasteiger partial charge in [-0.2, -0.15) is 0 Å². The molecule has 1 spiro atoms. The maximum atomic E-state index is 10.5. The molecule has 0 amide bonds. The average Bonchev–Trinajstić information content (AvgIpc) is 2.49. The molecule has 2 saturated carbocycles. The number of fused-ring (bicyclic) bond motifs is 1. The van der Waals surface area contributed by atoms with Crippen LogP contribution in [0.1, 0.15) is 52.9 Å². The first-order chi connectivity index (χ1) is 7.81. The summed E-state index contributed by atoms with van der Waals surface area (Å²) in [6, 6.07) is 0. The van der Waals surface area contributed by atoms with E-state index in [1.165, 1.54) is 6.42 Å². The Morgan fingerprint density at radius 3 is 2.41 bits per heavy atom. The second kappa shape index (κ2) is 3.25. The fourth-order valence-electron chi connectivity index (χ4n) is 4.54. The molecule has 3 heteroatoms. The summed E-state index contributed by atoms with van der Waals surface area (Å²) in [5.41, 5.74) is -0.622. The van der Waals surface area contributed by atoms with Crippen LogP contribution in [0.25, 0.3) is 0 Å². The van der Waals surface area contributed by atoms with Gasteiger partial charge in [-0.15, -0.1) is 0 Å². The number of hydrogen-bond acceptors (Lipinski definition) is 3. The Hall–Kier alpha value is -0.120. The van der Waals surface area contributed by atoms with Crippen molar-refractivity contribution in [2.75, 3.05) is 0 Å². The van der Waals surface area contributed by atoms with Crippen LogP contribution in [0.5, 0.6) is 0 Å². The van der Waals surface area contributed by atoms with Crippen LogP contribution in [0.4, 0.5) is 0 Å². The van der Waals surface area contributed by atoms with Crippen LogP contribution in [0.15, 0.2) is 0 Å². The molecule has 98 valence electrons. The quantitative estimate of drug-likeness (QED) is 0.679. The molecule has 0 aromatic heterocycles. The predicted octanol–water partition coefficient (Wildman–Crippen LogP) is 1.86. The molecule has 1 unspecified atom stereocenters. The van der Waals surface area contributed by atoms with Gasteiger partial charge in [0.05, 0.1) is 11.7 Å². The van der Waals surface area contributed by atoms with Gasteiger partial charge >= 0.3 is 0 Å². The first-order valence-corrected chi connectivity index (χ1v) is 6.87. The summed E-state index contributed by atoms with van der Waals surface area (Å²) >= 11 is 0. The number of aliphatic hydroxyl groups is 2. The SMILES string of the molecule is CC1(C)O[C@@]23C[C@H]1CC[C@@]2(C)CC[C@H](O)C3O. The van der Waals surface area contributed by atoms with Gasteiger partial charge in [0, 0.05) is 0 Å². The summed E-state index contributed by atoms with van der Waals surface area (Å²) in [6.07, 6.45) is 3.55. The van der Waals surface area contributed by atoms with E-state index in [1.807, 2.05) is 0 Å². The van der Waals surface area contributed by atoms with Gasteiger partial charge in [0.2, 0.25) is 0 Å². The van der Waals surface area contributed by atoms with Crippen LogP contribution in [0.3, 0.4) is 0 Å². The maximum absolute atomic E-state index is 10.5. The van der Waals surface area contributed by atoms with E-state index >= 15 is 0 Å². The summed E-state index contributed by atoms with van der Waals surface area (Å²) in [5, 5.41) is 20.5. The van der Waals surface area contributed by atoms with Gasteiger partial charge < -0.3 is 14.9 Å². The van der Waals surface area contributed by atoms with E-state index in [0.717, 1.165) is 19.3 Å². The maximum Gasteiger partial charge on any atom is 0.109 e. The smallest absolute Gasteiger partial charge is 0.109 e. The molecule has 1 heterocycles. The minimum Gasteiger partial charge on any atom is -0.390 e. The summed E-state index contributed by atoms with van der Waals surface area (Å²) in [5.74, 6) is 0.524. The first kappa shape index (κ1) is 11.9. The third-order valence-corrected chi connectivity index (χ3v) is 5.88. The van der Waals surface area contributed by atoms with Gasteiger partial charge in [0.15, 0.2) is 0 Å². The number of aliphatic hydroxyl groups excluding tert-OH is 2. The molecule has 3 rings (SSSR count). The summed E-state index contributed by atoms with van der Waals surface area (Å²) in [7, 11) is 0. The van der Waals surface area contributed by atoms with Crippen LogP contribution in [-0.4, -0.2) is 33.6 Å². The lowest BCUT2D eigenvalue weighted by atomic mass is 9.54. The molecular formula is C14H24O3. The van der Waals surface area contributed by atoms with Crippen LogP contribution < -0.4 is 0 Å². The van der Waals surface area contributed by atoms with Crippen molar-refractivity contribution in [3.63, 3.8) is 0 Å². The van der Waals surface area contributed by atoms with E-state index in [-0.39, 0.29) is 11.0 Å². The van der Waals surface area contributed by atoms with Crippen LogP contribution in [0, 0.1) is 11.3 Å². The normalized spacial score (nSPS) is 56.6. The monoisotopic (exact) mass is 240 g/mol. The number of ether oxygens (including phenoxy) is 1. The van der Waals surface area contributed by atoms with Crippen molar-refractivity contribution < 1.29 is 14.9 Å². The van der Waals surface area contributed by atoms with Crippen LogP contribution in [-0.2, 0) is 4.74 Å². The first-order valence-electron chi connectivity index (χ1n) is 6.87. The molecule has 3 fully saturated rings. The highest BCUT2D eigenvalue weighted by Crippen LogP contribution is 2.63. The lowest BCUT2D eigenvalue weighted by molar-refractivity contribution is -0.244. The second-order valence-electron chi connectivity index (χ2n) is 7.15. The van der Waals surface area contributed by atoms with E-state index < -0.39 is 17.8 Å². The lowest BCUT2D eigenvalue weighted by Gasteiger charge is -2.55. The van der Waals surface area contributed by atoms with E-state index in [9.17, 15) is 10.2 Å². The molecule has 1 aliphatic heterocycles. The fourth-order valence-corrected chi connectivity index (χ4v) is 4.54. The molecule has 3 aliphatic rings. The minimum atomic E-state index is -0.717. The zero-order valence-electron chi connectivity index (χ0n) is 11.1. The Labute approximate surface area is 103 Å². The Balaban J connectivity index is 2.05. The van der Waals surface area contributed by atoms with Gasteiger partial charge in [-0.1, -0.05) is 6.92 Å². The van der Waals surface area contributed by atoms with Crippen molar-refractivity contribution in [1.82, 2.24) is 0 Å². The van der Waals surface area contributed by atoms with Gasteiger partial charge in [-0.25, -0.2) is 0 Å². The van der Waals surface area contributed by atoms with Crippen molar-refractivity contribution in [1.29, 1.82) is 0 Å². The molecular weight excluding hydrogens is 216 g/mol. The van der Waals surface area contributed by atoms with Crippen molar-refractivity contribution in [2.45, 2.75) is 76.3 Å². The van der Waals surface area contributed by atoms with Gasteiger partial charge in [-0.05, 0) is 57.3 Å². The highest BCUT2D eigenvalue weighted by molar-refractivity contribution is 5.17. The Bertz CT molecular complexity index is 340. The van der Waals surface area contributed by atoms with Crippen molar-refractivity contribution in [3.05, 3.63) is 0 Å². The topological polar surface area (TPSA) is 49.7 Å². The molecule has 2 bridgehead atoms. The largest absolute Gasteiger partial charge is 0.390 e. The molecule has 0 radical (unpaired) electrons. The van der Waals surface area contributed by atoms with Crippen LogP contribution in [0.2, 0.25) is 0 Å². The highest BCUT2D eigenvalue weighted by atomic mass is 16.5. The average molecular weight is 240 g/mol. The molecule has 1 saturated heterocycles. The highest BCUT2D eigenvalue weighted by Gasteiger charge is 2.67. The molecule has 0 aromatic rings. The van der Waals surface area contributed by atoms with E-state index in [2.05, 4.69) is 20.8 Å². The van der Waals surface area contributed by atoms with E-state index in [1.54, 1.807) is 0 Å². The van der Waals surface area contributed by atoms with E-state index in [0.29, 0.717) is 12.3 Å². The van der Waals surface area contributed by atoms with Gasteiger partial charge in [0.1, 0.15) is 11.7 Å². The number of rotatable bonds is 0. The lowest BCUT2D eigenvalue weighted by Crippen LogP contribution is -2.63. The Kier molecular flexibility index (Phi) is 2.28. The molecule has 0 aromatic carbocycles. The molecule has 2 N–H and O–H groups in total. The Morgan fingerprint density at radius 2 is 1.71 bits per heavy atom. The summed E-state index contributed by atoms with van der Waals surface area (Å²) in [6.45, 7) is 6.50. The minimum absolute atomic E-state index is 0.0376. The fraction of sp³-hybridized carbons (Fsp3) is 1.00. The number of hydrogen-bond donors (Lipinski definition) is 2.